The van der Waals surface area contributed by atoms with Gasteiger partial charge in [-0.2, -0.15) is 0 Å². The predicted molar refractivity (Wildman–Crippen MR) is 55.0 cm³/mol. The highest BCUT2D eigenvalue weighted by molar-refractivity contribution is 5.17. The Morgan fingerprint density at radius 2 is 2.36 bits per heavy atom. The van der Waals surface area contributed by atoms with Crippen LogP contribution in [0.5, 0.6) is 0 Å². The number of rotatable bonds is 4. The third kappa shape index (κ3) is 1.82. The Kier molecular flexibility index (Phi) is 2.35. The van der Waals surface area contributed by atoms with Crippen LogP contribution in [-0.4, -0.2) is 11.5 Å². The van der Waals surface area contributed by atoms with E-state index in [4.69, 9.17) is 10.2 Å². The van der Waals surface area contributed by atoms with E-state index in [0.29, 0.717) is 17.9 Å². The van der Waals surface area contributed by atoms with Gasteiger partial charge in [0.25, 0.3) is 0 Å². The summed E-state index contributed by atoms with van der Waals surface area (Å²) in [5, 5.41) is 0. The van der Waals surface area contributed by atoms with Crippen molar-refractivity contribution in [2.45, 2.75) is 39.0 Å². The lowest BCUT2D eigenvalue weighted by Crippen LogP contribution is -2.00. The van der Waals surface area contributed by atoms with Crippen LogP contribution < -0.4 is 5.73 Å². The molecule has 1 aliphatic rings. The summed E-state index contributed by atoms with van der Waals surface area (Å²) in [6, 6.07) is 0. The minimum absolute atomic E-state index is 0.421. The largest absolute Gasteiger partial charge is 0.445 e. The molecule has 1 aliphatic carbocycles. The van der Waals surface area contributed by atoms with Crippen LogP contribution in [0.4, 0.5) is 0 Å². The summed E-state index contributed by atoms with van der Waals surface area (Å²) in [5.74, 6) is 2.48. The highest BCUT2D eigenvalue weighted by Gasteiger charge is 2.48. The molecular weight excluding hydrogens is 176 g/mol. The van der Waals surface area contributed by atoms with E-state index in [9.17, 15) is 0 Å². The summed E-state index contributed by atoms with van der Waals surface area (Å²) < 4.78 is 5.68. The number of nitrogens with two attached hydrogens (primary N) is 1. The smallest absolute Gasteiger partial charge is 0.194 e. The zero-order valence-corrected chi connectivity index (χ0v) is 8.92. The lowest BCUT2D eigenvalue weighted by atomic mass is 10.1. The molecule has 0 bridgehead atoms. The molecule has 3 heteroatoms. The van der Waals surface area contributed by atoms with E-state index in [1.165, 1.54) is 6.42 Å². The molecule has 0 spiro atoms. The van der Waals surface area contributed by atoms with Gasteiger partial charge in [0, 0.05) is 12.3 Å². The average molecular weight is 194 g/mol. The summed E-state index contributed by atoms with van der Waals surface area (Å²) in [7, 11) is 0. The molecule has 0 aromatic carbocycles. The Labute approximate surface area is 84.7 Å². The fraction of sp³-hybridized carbons (Fsp3) is 0.727. The van der Waals surface area contributed by atoms with Gasteiger partial charge < -0.3 is 10.2 Å². The molecule has 0 radical (unpaired) electrons. The summed E-state index contributed by atoms with van der Waals surface area (Å²) in [4.78, 5) is 4.26. The average Bonchev–Trinajstić information content (AvgIpc) is 2.63. The van der Waals surface area contributed by atoms with E-state index in [0.717, 1.165) is 24.5 Å². The van der Waals surface area contributed by atoms with Crippen molar-refractivity contribution in [3.8, 4) is 0 Å². The Morgan fingerprint density at radius 1 is 1.64 bits per heavy atom. The van der Waals surface area contributed by atoms with E-state index in [1.807, 2.05) is 6.20 Å². The van der Waals surface area contributed by atoms with Crippen LogP contribution in [0.1, 0.15) is 44.3 Å². The molecular formula is C11H18N2O. The third-order valence-corrected chi connectivity index (χ3v) is 3.02. The van der Waals surface area contributed by atoms with Crippen LogP contribution in [0, 0.1) is 5.41 Å². The summed E-state index contributed by atoms with van der Waals surface area (Å²) in [5.41, 5.74) is 5.85. The SMILES string of the molecule is CC1(C)CC1c1cnc(CCCN)o1. The van der Waals surface area contributed by atoms with Crippen molar-refractivity contribution >= 4 is 0 Å². The van der Waals surface area contributed by atoms with Crippen LogP contribution in [0.2, 0.25) is 0 Å². The van der Waals surface area contributed by atoms with Gasteiger partial charge in [0.05, 0.1) is 6.20 Å². The van der Waals surface area contributed by atoms with Gasteiger partial charge in [-0.25, -0.2) is 4.98 Å². The fourth-order valence-corrected chi connectivity index (χ4v) is 1.81. The van der Waals surface area contributed by atoms with Crippen LogP contribution in [0.3, 0.4) is 0 Å². The number of nitrogens with zero attached hydrogens (tertiary/aromatic N) is 1. The quantitative estimate of drug-likeness (QED) is 0.798. The molecule has 1 saturated carbocycles. The van der Waals surface area contributed by atoms with Gasteiger partial charge in [0.15, 0.2) is 5.89 Å². The normalized spacial score (nSPS) is 23.8. The van der Waals surface area contributed by atoms with Gasteiger partial charge in [-0.1, -0.05) is 13.8 Å². The van der Waals surface area contributed by atoms with Crippen molar-refractivity contribution in [3.05, 3.63) is 17.8 Å². The van der Waals surface area contributed by atoms with Gasteiger partial charge >= 0.3 is 0 Å². The molecule has 1 unspecified atom stereocenters. The van der Waals surface area contributed by atoms with Crippen LogP contribution in [0.25, 0.3) is 0 Å². The predicted octanol–water partition coefficient (Wildman–Crippen LogP) is 2.08. The van der Waals surface area contributed by atoms with Crippen LogP contribution >= 0.6 is 0 Å². The molecule has 2 rings (SSSR count). The molecule has 1 atom stereocenters. The van der Waals surface area contributed by atoms with E-state index in [2.05, 4.69) is 18.8 Å². The third-order valence-electron chi connectivity index (χ3n) is 3.02. The maximum Gasteiger partial charge on any atom is 0.194 e. The number of aromatic nitrogens is 1. The molecule has 14 heavy (non-hydrogen) atoms. The second-order valence-corrected chi connectivity index (χ2v) is 4.79. The zero-order chi connectivity index (χ0) is 10.2. The second kappa shape index (κ2) is 3.39. The standard InChI is InChI=1S/C11H18N2O/c1-11(2)6-8(11)9-7-13-10(14-9)4-3-5-12/h7-8H,3-6,12H2,1-2H3. The minimum Gasteiger partial charge on any atom is -0.445 e. The van der Waals surface area contributed by atoms with E-state index in [-0.39, 0.29) is 0 Å². The summed E-state index contributed by atoms with van der Waals surface area (Å²) in [6.45, 7) is 5.23. The fourth-order valence-electron chi connectivity index (χ4n) is 1.81. The first-order valence-electron chi connectivity index (χ1n) is 5.28. The van der Waals surface area contributed by atoms with Gasteiger partial charge in [0.2, 0.25) is 0 Å². The summed E-state index contributed by atoms with van der Waals surface area (Å²) >= 11 is 0. The van der Waals surface area contributed by atoms with Gasteiger partial charge in [-0.05, 0) is 24.8 Å². The first kappa shape index (κ1) is 9.71. The van der Waals surface area contributed by atoms with Crippen molar-refractivity contribution < 1.29 is 4.42 Å². The lowest BCUT2D eigenvalue weighted by molar-refractivity contribution is 0.435. The monoisotopic (exact) mass is 194 g/mol. The molecule has 3 nitrogen and oxygen atoms in total. The van der Waals surface area contributed by atoms with E-state index >= 15 is 0 Å². The Balaban J connectivity index is 1.97. The van der Waals surface area contributed by atoms with Crippen molar-refractivity contribution in [2.24, 2.45) is 11.1 Å². The van der Waals surface area contributed by atoms with Gasteiger partial charge in [0.1, 0.15) is 5.76 Å². The Bertz CT molecular complexity index is 317. The first-order valence-corrected chi connectivity index (χ1v) is 5.28. The van der Waals surface area contributed by atoms with Crippen molar-refractivity contribution in [1.82, 2.24) is 4.98 Å². The number of aryl methyl sites for hydroxylation is 1. The van der Waals surface area contributed by atoms with Crippen LogP contribution in [-0.2, 0) is 6.42 Å². The molecule has 2 N–H and O–H groups in total. The number of hydrogen-bond donors (Lipinski definition) is 1. The molecule has 1 aromatic heterocycles. The molecule has 1 heterocycles. The second-order valence-electron chi connectivity index (χ2n) is 4.79. The molecule has 78 valence electrons. The first-order chi connectivity index (χ1) is 6.63. The van der Waals surface area contributed by atoms with E-state index in [1.54, 1.807) is 0 Å². The maximum atomic E-state index is 5.68. The van der Waals surface area contributed by atoms with E-state index < -0.39 is 0 Å². The number of oxazole rings is 1. The highest BCUT2D eigenvalue weighted by Crippen LogP contribution is 2.58. The van der Waals surface area contributed by atoms with Crippen molar-refractivity contribution in [2.75, 3.05) is 6.54 Å². The minimum atomic E-state index is 0.421. The molecule has 0 saturated heterocycles. The number of hydrogen-bond acceptors (Lipinski definition) is 3. The Hall–Kier alpha value is -0.830. The zero-order valence-electron chi connectivity index (χ0n) is 8.92. The topological polar surface area (TPSA) is 52.0 Å². The van der Waals surface area contributed by atoms with Crippen molar-refractivity contribution in [1.29, 1.82) is 0 Å². The van der Waals surface area contributed by atoms with Crippen LogP contribution in [0.15, 0.2) is 10.6 Å². The summed E-state index contributed by atoms with van der Waals surface area (Å²) in [6.07, 6.45) is 4.92. The van der Waals surface area contributed by atoms with Gasteiger partial charge in [-0.15, -0.1) is 0 Å². The van der Waals surface area contributed by atoms with Gasteiger partial charge in [-0.3, -0.25) is 0 Å². The molecule has 0 aliphatic heterocycles. The molecule has 1 aromatic rings. The molecule has 0 amide bonds. The lowest BCUT2D eigenvalue weighted by Gasteiger charge is -1.98. The Morgan fingerprint density at radius 3 is 2.93 bits per heavy atom. The maximum absolute atomic E-state index is 5.68. The highest BCUT2D eigenvalue weighted by atomic mass is 16.4. The van der Waals surface area contributed by atoms with Crippen molar-refractivity contribution in [3.63, 3.8) is 0 Å². The molecule has 1 fully saturated rings.